The SMILES string of the molecule is Fc1ccc(C2(CC3CC3)CO2)cc1. The Morgan fingerprint density at radius 1 is 1.29 bits per heavy atom. The minimum absolute atomic E-state index is 0.0468. The van der Waals surface area contributed by atoms with Gasteiger partial charge >= 0.3 is 0 Å². The van der Waals surface area contributed by atoms with E-state index in [0.29, 0.717) is 0 Å². The average Bonchev–Trinajstić information content (AvgIpc) is 3.05. The molecule has 0 amide bonds. The molecule has 1 saturated carbocycles. The van der Waals surface area contributed by atoms with Crippen LogP contribution in [0.3, 0.4) is 0 Å². The molecule has 74 valence electrons. The van der Waals surface area contributed by atoms with Gasteiger partial charge in [-0.25, -0.2) is 4.39 Å². The van der Waals surface area contributed by atoms with Gasteiger partial charge < -0.3 is 4.74 Å². The van der Waals surface area contributed by atoms with Gasteiger partial charge in [0.25, 0.3) is 0 Å². The zero-order valence-electron chi connectivity index (χ0n) is 8.00. The summed E-state index contributed by atoms with van der Waals surface area (Å²) in [5.74, 6) is 0.679. The third-order valence-electron chi connectivity index (χ3n) is 3.18. The quantitative estimate of drug-likeness (QED) is 0.671. The minimum Gasteiger partial charge on any atom is -0.364 e. The highest BCUT2D eigenvalue weighted by atomic mass is 19.1. The van der Waals surface area contributed by atoms with Crippen LogP contribution in [0.2, 0.25) is 0 Å². The first-order valence-electron chi connectivity index (χ1n) is 5.19. The summed E-state index contributed by atoms with van der Waals surface area (Å²) in [6.45, 7) is 0.815. The second-order valence-corrected chi connectivity index (χ2v) is 4.44. The highest BCUT2D eigenvalue weighted by molar-refractivity contribution is 5.27. The molecular weight excluding hydrogens is 179 g/mol. The number of hydrogen-bond acceptors (Lipinski definition) is 1. The topological polar surface area (TPSA) is 12.5 Å². The van der Waals surface area contributed by atoms with Crippen molar-refractivity contribution >= 4 is 0 Å². The normalized spacial score (nSPS) is 30.4. The molecule has 1 nitrogen and oxygen atoms in total. The Labute approximate surface area is 82.9 Å². The second kappa shape index (κ2) is 2.80. The number of rotatable bonds is 3. The molecule has 0 aromatic heterocycles. The molecule has 2 fully saturated rings. The van der Waals surface area contributed by atoms with E-state index in [1.54, 1.807) is 0 Å². The number of hydrogen-bond donors (Lipinski definition) is 0. The maximum absolute atomic E-state index is 12.7. The van der Waals surface area contributed by atoms with Gasteiger partial charge in [0, 0.05) is 0 Å². The largest absolute Gasteiger partial charge is 0.364 e. The Bertz CT molecular complexity index is 336. The lowest BCUT2D eigenvalue weighted by Crippen LogP contribution is -2.09. The summed E-state index contributed by atoms with van der Waals surface area (Å²) in [5, 5.41) is 0. The number of halogens is 1. The van der Waals surface area contributed by atoms with Gasteiger partial charge in [-0.15, -0.1) is 0 Å². The Kier molecular flexibility index (Phi) is 1.68. The van der Waals surface area contributed by atoms with E-state index >= 15 is 0 Å². The first kappa shape index (κ1) is 8.42. The summed E-state index contributed by atoms with van der Waals surface area (Å²) in [7, 11) is 0. The molecule has 1 aliphatic carbocycles. The van der Waals surface area contributed by atoms with Crippen LogP contribution in [-0.2, 0) is 10.3 Å². The van der Waals surface area contributed by atoms with Crippen molar-refractivity contribution in [3.63, 3.8) is 0 Å². The molecule has 1 aromatic rings. The molecule has 3 rings (SSSR count). The number of epoxide rings is 1. The summed E-state index contributed by atoms with van der Waals surface area (Å²) in [6, 6.07) is 6.74. The summed E-state index contributed by atoms with van der Waals surface area (Å²) < 4.78 is 18.3. The molecule has 0 N–H and O–H groups in total. The van der Waals surface area contributed by atoms with E-state index in [1.165, 1.54) is 25.0 Å². The summed E-state index contributed by atoms with van der Waals surface area (Å²) in [4.78, 5) is 0. The van der Waals surface area contributed by atoms with Gasteiger partial charge in [-0.05, 0) is 30.0 Å². The van der Waals surface area contributed by atoms with Gasteiger partial charge in [0.15, 0.2) is 0 Å². The molecular formula is C12H13FO. The van der Waals surface area contributed by atoms with Crippen molar-refractivity contribution in [1.29, 1.82) is 0 Å². The van der Waals surface area contributed by atoms with Crippen molar-refractivity contribution < 1.29 is 9.13 Å². The van der Waals surface area contributed by atoms with Crippen molar-refractivity contribution in [3.8, 4) is 0 Å². The van der Waals surface area contributed by atoms with Gasteiger partial charge in [-0.1, -0.05) is 25.0 Å². The van der Waals surface area contributed by atoms with Crippen LogP contribution in [0.25, 0.3) is 0 Å². The lowest BCUT2D eigenvalue weighted by molar-refractivity contribution is 0.282. The highest BCUT2D eigenvalue weighted by Crippen LogP contribution is 2.49. The van der Waals surface area contributed by atoms with Crippen LogP contribution in [-0.4, -0.2) is 6.61 Å². The number of ether oxygens (including phenoxy) is 1. The molecule has 1 aliphatic heterocycles. The molecule has 1 atom stereocenters. The first-order chi connectivity index (χ1) is 6.78. The molecule has 1 heterocycles. The third kappa shape index (κ3) is 1.44. The van der Waals surface area contributed by atoms with E-state index in [9.17, 15) is 4.39 Å². The van der Waals surface area contributed by atoms with E-state index < -0.39 is 0 Å². The van der Waals surface area contributed by atoms with Crippen LogP contribution < -0.4 is 0 Å². The Hall–Kier alpha value is -0.890. The summed E-state index contributed by atoms with van der Waals surface area (Å²) in [5.41, 5.74) is 1.10. The predicted molar refractivity (Wildman–Crippen MR) is 51.4 cm³/mol. The Morgan fingerprint density at radius 2 is 1.93 bits per heavy atom. The van der Waals surface area contributed by atoms with Gasteiger partial charge in [-0.3, -0.25) is 0 Å². The maximum Gasteiger partial charge on any atom is 0.123 e. The molecule has 0 spiro atoms. The van der Waals surface area contributed by atoms with E-state index in [1.807, 2.05) is 12.1 Å². The summed E-state index contributed by atoms with van der Waals surface area (Å²) in [6.07, 6.45) is 3.80. The van der Waals surface area contributed by atoms with Gasteiger partial charge in [0.1, 0.15) is 11.4 Å². The van der Waals surface area contributed by atoms with Crippen molar-refractivity contribution in [2.45, 2.75) is 24.9 Å². The summed E-state index contributed by atoms with van der Waals surface area (Å²) >= 11 is 0. The average molecular weight is 192 g/mol. The van der Waals surface area contributed by atoms with E-state index in [0.717, 1.165) is 24.5 Å². The van der Waals surface area contributed by atoms with Crippen molar-refractivity contribution in [2.75, 3.05) is 6.61 Å². The van der Waals surface area contributed by atoms with Gasteiger partial charge in [0.05, 0.1) is 6.61 Å². The second-order valence-electron chi connectivity index (χ2n) is 4.44. The van der Waals surface area contributed by atoms with Crippen molar-refractivity contribution in [2.24, 2.45) is 5.92 Å². The molecule has 0 radical (unpaired) electrons. The lowest BCUT2D eigenvalue weighted by atomic mass is 9.94. The molecule has 1 unspecified atom stereocenters. The van der Waals surface area contributed by atoms with Crippen LogP contribution in [0.1, 0.15) is 24.8 Å². The molecule has 0 bridgehead atoms. The van der Waals surface area contributed by atoms with Crippen LogP contribution in [0.5, 0.6) is 0 Å². The third-order valence-corrected chi connectivity index (χ3v) is 3.18. The predicted octanol–water partition coefficient (Wildman–Crippen LogP) is 2.85. The minimum atomic E-state index is -0.170. The van der Waals surface area contributed by atoms with E-state index in [-0.39, 0.29) is 11.4 Å². The van der Waals surface area contributed by atoms with Crippen LogP contribution in [0.4, 0.5) is 4.39 Å². The molecule has 2 aliphatic rings. The van der Waals surface area contributed by atoms with Crippen LogP contribution in [0, 0.1) is 11.7 Å². The molecule has 1 aromatic carbocycles. The Morgan fingerprint density at radius 3 is 2.43 bits per heavy atom. The fourth-order valence-electron chi connectivity index (χ4n) is 2.03. The van der Waals surface area contributed by atoms with Gasteiger partial charge in [0.2, 0.25) is 0 Å². The van der Waals surface area contributed by atoms with Gasteiger partial charge in [-0.2, -0.15) is 0 Å². The smallest absolute Gasteiger partial charge is 0.123 e. The standard InChI is InChI=1S/C12H13FO/c13-11-5-3-10(4-6-11)12(8-14-12)7-9-1-2-9/h3-6,9H,1-2,7-8H2. The van der Waals surface area contributed by atoms with Crippen LogP contribution in [0.15, 0.2) is 24.3 Å². The fourth-order valence-corrected chi connectivity index (χ4v) is 2.03. The van der Waals surface area contributed by atoms with E-state index in [4.69, 9.17) is 4.74 Å². The molecule has 2 heteroatoms. The maximum atomic E-state index is 12.7. The fraction of sp³-hybridized carbons (Fsp3) is 0.500. The first-order valence-corrected chi connectivity index (χ1v) is 5.19. The monoisotopic (exact) mass is 192 g/mol. The zero-order valence-corrected chi connectivity index (χ0v) is 8.00. The van der Waals surface area contributed by atoms with E-state index in [2.05, 4.69) is 0 Å². The van der Waals surface area contributed by atoms with Crippen molar-refractivity contribution in [1.82, 2.24) is 0 Å². The zero-order chi connectivity index (χ0) is 9.60. The molecule has 1 saturated heterocycles. The Balaban J connectivity index is 1.82. The number of benzene rings is 1. The molecule has 14 heavy (non-hydrogen) atoms. The lowest BCUT2D eigenvalue weighted by Gasteiger charge is -2.11. The van der Waals surface area contributed by atoms with Crippen LogP contribution >= 0.6 is 0 Å². The van der Waals surface area contributed by atoms with Crippen molar-refractivity contribution in [3.05, 3.63) is 35.6 Å². The highest BCUT2D eigenvalue weighted by Gasteiger charge is 2.49.